The third-order valence-electron chi connectivity index (χ3n) is 5.49. The predicted octanol–water partition coefficient (Wildman–Crippen LogP) is 4.82. The predicted molar refractivity (Wildman–Crippen MR) is 135 cm³/mol. The molecule has 1 unspecified atom stereocenters. The minimum absolute atomic E-state index is 0.0477. The van der Waals surface area contributed by atoms with Crippen molar-refractivity contribution in [2.45, 2.75) is 38.1 Å². The minimum atomic E-state index is -0.266. The van der Waals surface area contributed by atoms with Crippen LogP contribution in [0.5, 0.6) is 0 Å². The van der Waals surface area contributed by atoms with E-state index >= 15 is 0 Å². The molecule has 0 saturated carbocycles. The summed E-state index contributed by atoms with van der Waals surface area (Å²) in [6.45, 7) is 0. The zero-order chi connectivity index (χ0) is 23.8. The summed E-state index contributed by atoms with van der Waals surface area (Å²) in [6.07, 6.45) is 7.16. The second-order valence-electron chi connectivity index (χ2n) is 7.80. The average molecular weight is 495 g/mol. The average Bonchev–Trinajstić information content (AvgIpc) is 3.65. The topological polar surface area (TPSA) is 113 Å². The number of unbranched alkanes of at least 4 members (excludes halogenated alkanes) is 2. The van der Waals surface area contributed by atoms with Crippen molar-refractivity contribution >= 4 is 34.5 Å². The number of nitrogens with one attached hydrogen (secondary N) is 3. The van der Waals surface area contributed by atoms with Crippen molar-refractivity contribution in [1.82, 2.24) is 30.6 Å². The van der Waals surface area contributed by atoms with Crippen molar-refractivity contribution in [1.29, 1.82) is 0 Å². The van der Waals surface area contributed by atoms with Crippen LogP contribution in [0.1, 0.15) is 53.6 Å². The van der Waals surface area contributed by atoms with Crippen molar-refractivity contribution in [3.8, 4) is 22.5 Å². The first-order valence-corrected chi connectivity index (χ1v) is 12.9. The Labute approximate surface area is 205 Å². The van der Waals surface area contributed by atoms with Crippen LogP contribution in [0.3, 0.4) is 0 Å². The summed E-state index contributed by atoms with van der Waals surface area (Å²) in [6, 6.07) is 7.89. The fourth-order valence-corrected chi connectivity index (χ4v) is 4.69. The number of H-pyrrole nitrogens is 1. The SMILES string of the molecule is CNC(=O)CCCCCC(NC(=O)c1cncs1)c1ncc(-c2ccc(-c3cscn3)cc2)[nH]1. The Morgan fingerprint density at radius 1 is 1.03 bits per heavy atom. The first kappa shape index (κ1) is 23.8. The van der Waals surface area contributed by atoms with E-state index in [4.69, 9.17) is 0 Å². The molecule has 34 heavy (non-hydrogen) atoms. The molecule has 1 aromatic carbocycles. The molecule has 176 valence electrons. The molecule has 0 fully saturated rings. The Kier molecular flexibility index (Phi) is 8.16. The number of aromatic nitrogens is 4. The molecule has 0 bridgehead atoms. The molecule has 4 rings (SSSR count). The van der Waals surface area contributed by atoms with Crippen LogP contribution in [0.15, 0.2) is 53.1 Å². The third-order valence-corrected chi connectivity index (χ3v) is 6.84. The van der Waals surface area contributed by atoms with Gasteiger partial charge in [0.2, 0.25) is 5.91 Å². The van der Waals surface area contributed by atoms with Crippen LogP contribution in [0.25, 0.3) is 22.5 Å². The Hall–Kier alpha value is -3.37. The van der Waals surface area contributed by atoms with Gasteiger partial charge < -0.3 is 15.6 Å². The lowest BCUT2D eigenvalue weighted by atomic mass is 10.1. The van der Waals surface area contributed by atoms with Gasteiger partial charge in [-0.15, -0.1) is 22.7 Å². The normalized spacial score (nSPS) is 11.8. The van der Waals surface area contributed by atoms with E-state index < -0.39 is 0 Å². The Morgan fingerprint density at radius 2 is 1.85 bits per heavy atom. The zero-order valence-electron chi connectivity index (χ0n) is 18.8. The first-order chi connectivity index (χ1) is 16.6. The lowest BCUT2D eigenvalue weighted by Crippen LogP contribution is -2.28. The molecule has 3 aromatic heterocycles. The lowest BCUT2D eigenvalue weighted by molar-refractivity contribution is -0.120. The second-order valence-corrected chi connectivity index (χ2v) is 9.40. The summed E-state index contributed by atoms with van der Waals surface area (Å²) in [5, 5.41) is 7.76. The number of hydrogen-bond donors (Lipinski definition) is 3. The summed E-state index contributed by atoms with van der Waals surface area (Å²) in [7, 11) is 1.65. The van der Waals surface area contributed by atoms with E-state index in [1.807, 2.05) is 35.2 Å². The van der Waals surface area contributed by atoms with Gasteiger partial charge >= 0.3 is 0 Å². The standard InChI is InChI=1S/C24H26N6O2S2/c1-25-22(31)6-4-2-3-5-18(30-24(32)21-12-26-14-34-21)23-27-11-19(29-23)16-7-9-17(10-8-16)20-13-33-15-28-20/h7-15,18H,2-6H2,1H3,(H,25,31)(H,27,29)(H,30,32). The highest BCUT2D eigenvalue weighted by atomic mass is 32.1. The maximum atomic E-state index is 12.7. The molecule has 2 amide bonds. The van der Waals surface area contributed by atoms with Gasteiger partial charge in [0.15, 0.2) is 0 Å². The van der Waals surface area contributed by atoms with Crippen LogP contribution in [-0.4, -0.2) is 38.8 Å². The largest absolute Gasteiger partial charge is 0.359 e. The van der Waals surface area contributed by atoms with Crippen molar-refractivity contribution in [3.63, 3.8) is 0 Å². The lowest BCUT2D eigenvalue weighted by Gasteiger charge is -2.16. The van der Waals surface area contributed by atoms with Crippen LogP contribution in [0.2, 0.25) is 0 Å². The first-order valence-electron chi connectivity index (χ1n) is 11.1. The number of aromatic amines is 1. The number of benzene rings is 1. The van der Waals surface area contributed by atoms with E-state index in [1.165, 1.54) is 11.3 Å². The summed E-state index contributed by atoms with van der Waals surface area (Å²) in [4.78, 5) is 41.0. The molecule has 8 nitrogen and oxygen atoms in total. The van der Waals surface area contributed by atoms with E-state index in [1.54, 1.807) is 36.3 Å². The maximum absolute atomic E-state index is 12.7. The van der Waals surface area contributed by atoms with Gasteiger partial charge in [-0.2, -0.15) is 0 Å². The Balaban J connectivity index is 1.44. The third kappa shape index (κ3) is 6.15. The van der Waals surface area contributed by atoms with Crippen LogP contribution in [0.4, 0.5) is 0 Å². The minimum Gasteiger partial charge on any atom is -0.359 e. The monoisotopic (exact) mass is 494 g/mol. The maximum Gasteiger partial charge on any atom is 0.263 e. The van der Waals surface area contributed by atoms with Crippen LogP contribution in [-0.2, 0) is 4.79 Å². The van der Waals surface area contributed by atoms with Crippen LogP contribution in [0, 0.1) is 0 Å². The van der Waals surface area contributed by atoms with Crippen LogP contribution >= 0.6 is 22.7 Å². The Morgan fingerprint density at radius 3 is 2.56 bits per heavy atom. The van der Waals surface area contributed by atoms with Crippen molar-refractivity contribution in [2.75, 3.05) is 7.05 Å². The number of carbonyl (C=O) groups is 2. The molecular formula is C24H26N6O2S2. The Bertz CT molecular complexity index is 1190. The number of nitrogens with zero attached hydrogens (tertiary/aromatic N) is 3. The number of carbonyl (C=O) groups excluding carboxylic acids is 2. The van der Waals surface area contributed by atoms with Gasteiger partial charge in [-0.3, -0.25) is 14.6 Å². The van der Waals surface area contributed by atoms with Gasteiger partial charge in [0, 0.05) is 24.4 Å². The molecule has 1 atom stereocenters. The molecule has 3 N–H and O–H groups in total. The van der Waals surface area contributed by atoms with Crippen molar-refractivity contribution in [3.05, 3.63) is 63.8 Å². The van der Waals surface area contributed by atoms with Gasteiger partial charge in [0.05, 0.1) is 40.8 Å². The van der Waals surface area contributed by atoms with E-state index in [-0.39, 0.29) is 17.9 Å². The molecule has 0 aliphatic carbocycles. The van der Waals surface area contributed by atoms with E-state index in [0.717, 1.165) is 41.8 Å². The zero-order valence-corrected chi connectivity index (χ0v) is 20.4. The highest BCUT2D eigenvalue weighted by Crippen LogP contribution is 2.26. The van der Waals surface area contributed by atoms with Gasteiger partial charge in [-0.05, 0) is 18.4 Å². The highest BCUT2D eigenvalue weighted by molar-refractivity contribution is 7.11. The van der Waals surface area contributed by atoms with Gasteiger partial charge in [-0.25, -0.2) is 9.97 Å². The second kappa shape index (κ2) is 11.7. The molecule has 0 aliphatic heterocycles. The van der Waals surface area contributed by atoms with E-state index in [9.17, 15) is 9.59 Å². The summed E-state index contributed by atoms with van der Waals surface area (Å²) in [5.74, 6) is 0.595. The molecule has 0 spiro atoms. The molecule has 0 aliphatic rings. The molecule has 4 aromatic rings. The molecule has 10 heteroatoms. The van der Waals surface area contributed by atoms with Gasteiger partial charge in [0.1, 0.15) is 10.7 Å². The van der Waals surface area contributed by atoms with E-state index in [0.29, 0.717) is 23.5 Å². The molecule has 0 saturated heterocycles. The highest BCUT2D eigenvalue weighted by Gasteiger charge is 2.20. The quantitative estimate of drug-likeness (QED) is 0.259. The number of thiazole rings is 2. The summed E-state index contributed by atoms with van der Waals surface area (Å²) in [5.41, 5.74) is 7.39. The molecule has 0 radical (unpaired) electrons. The van der Waals surface area contributed by atoms with Crippen molar-refractivity contribution in [2.24, 2.45) is 0 Å². The van der Waals surface area contributed by atoms with Gasteiger partial charge in [0.25, 0.3) is 5.91 Å². The fraction of sp³-hybridized carbons (Fsp3) is 0.292. The summed E-state index contributed by atoms with van der Waals surface area (Å²) >= 11 is 2.88. The smallest absolute Gasteiger partial charge is 0.263 e. The van der Waals surface area contributed by atoms with Gasteiger partial charge in [-0.1, -0.05) is 37.1 Å². The number of amides is 2. The van der Waals surface area contributed by atoms with E-state index in [2.05, 4.69) is 30.6 Å². The summed E-state index contributed by atoms with van der Waals surface area (Å²) < 4.78 is 0. The molecular weight excluding hydrogens is 468 g/mol. The number of rotatable bonds is 11. The number of hydrogen-bond acceptors (Lipinski definition) is 7. The van der Waals surface area contributed by atoms with Crippen molar-refractivity contribution < 1.29 is 9.59 Å². The number of imidazole rings is 1. The molecule has 3 heterocycles. The van der Waals surface area contributed by atoms with Crippen LogP contribution < -0.4 is 10.6 Å². The fourth-order valence-electron chi connectivity index (χ4n) is 3.61.